The summed E-state index contributed by atoms with van der Waals surface area (Å²) >= 11 is 1.40. The zero-order valence-electron chi connectivity index (χ0n) is 8.02. The zero-order valence-corrected chi connectivity index (χ0v) is 9.65. The molecule has 1 atom stereocenters. The van der Waals surface area contributed by atoms with Crippen molar-refractivity contribution in [3.63, 3.8) is 0 Å². The molecule has 0 aromatic carbocycles. The topological polar surface area (TPSA) is 66.4 Å². The lowest BCUT2D eigenvalue weighted by Gasteiger charge is -2.21. The van der Waals surface area contributed by atoms with Crippen molar-refractivity contribution < 1.29 is 13.5 Å². The molecule has 0 aliphatic rings. The molecule has 80 valence electrons. The largest absolute Gasteiger partial charge is 0.383 e. The predicted molar refractivity (Wildman–Crippen MR) is 56.7 cm³/mol. The van der Waals surface area contributed by atoms with Crippen LogP contribution in [-0.2, 0) is 15.6 Å². The van der Waals surface area contributed by atoms with E-state index in [1.807, 2.05) is 11.4 Å². The highest BCUT2D eigenvalue weighted by atomic mass is 32.2. The summed E-state index contributed by atoms with van der Waals surface area (Å²) in [6.45, 7) is 1.57. The molecule has 1 rings (SSSR count). The molecule has 0 fully saturated rings. The van der Waals surface area contributed by atoms with Gasteiger partial charge in [-0.05, 0) is 18.4 Å². The second-order valence-corrected chi connectivity index (χ2v) is 6.13. The van der Waals surface area contributed by atoms with Gasteiger partial charge in [-0.2, -0.15) is 0 Å². The van der Waals surface area contributed by atoms with E-state index >= 15 is 0 Å². The maximum absolute atomic E-state index is 10.8. The molecule has 1 aromatic rings. The van der Waals surface area contributed by atoms with E-state index in [1.165, 1.54) is 11.3 Å². The van der Waals surface area contributed by atoms with E-state index in [9.17, 15) is 13.5 Å². The van der Waals surface area contributed by atoms with Crippen LogP contribution in [0.15, 0.2) is 17.5 Å². The van der Waals surface area contributed by atoms with Gasteiger partial charge in [0.1, 0.15) is 5.60 Å². The van der Waals surface area contributed by atoms with Gasteiger partial charge < -0.3 is 5.11 Å². The van der Waals surface area contributed by atoms with Gasteiger partial charge in [-0.3, -0.25) is 0 Å². The molecule has 0 aliphatic carbocycles. The number of aliphatic hydroxyl groups is 1. The Bertz CT molecular complexity index is 381. The summed E-state index contributed by atoms with van der Waals surface area (Å²) in [6, 6.07) is 3.59. The van der Waals surface area contributed by atoms with Crippen LogP contribution in [0.3, 0.4) is 0 Å². The first-order chi connectivity index (χ1) is 6.31. The Balaban J connectivity index is 2.69. The van der Waals surface area contributed by atoms with Crippen molar-refractivity contribution in [1.82, 2.24) is 4.72 Å². The third kappa shape index (κ3) is 3.38. The molecule has 2 N–H and O–H groups in total. The third-order valence-electron chi connectivity index (χ3n) is 1.73. The molecule has 14 heavy (non-hydrogen) atoms. The molecule has 0 amide bonds. The van der Waals surface area contributed by atoms with Gasteiger partial charge in [0, 0.05) is 11.4 Å². The molecular formula is C8H13NO3S2. The summed E-state index contributed by atoms with van der Waals surface area (Å²) < 4.78 is 23.9. The summed E-state index contributed by atoms with van der Waals surface area (Å²) in [5, 5.41) is 11.8. The van der Waals surface area contributed by atoms with Crippen LogP contribution in [0.25, 0.3) is 0 Å². The molecule has 0 saturated heterocycles. The van der Waals surface area contributed by atoms with E-state index in [0.717, 1.165) is 11.1 Å². The van der Waals surface area contributed by atoms with Crippen LogP contribution in [0.5, 0.6) is 0 Å². The van der Waals surface area contributed by atoms with Gasteiger partial charge in [0.25, 0.3) is 0 Å². The van der Waals surface area contributed by atoms with Crippen molar-refractivity contribution in [3.05, 3.63) is 22.4 Å². The quantitative estimate of drug-likeness (QED) is 0.799. The second-order valence-electron chi connectivity index (χ2n) is 3.34. The third-order valence-corrected chi connectivity index (χ3v) is 3.52. The highest BCUT2D eigenvalue weighted by Gasteiger charge is 2.25. The minimum Gasteiger partial charge on any atom is -0.383 e. The molecule has 0 unspecified atom stereocenters. The summed E-state index contributed by atoms with van der Waals surface area (Å²) in [5.74, 6) is 0. The number of hydrogen-bond acceptors (Lipinski definition) is 4. The molecule has 6 heteroatoms. The predicted octanol–water partition coefficient (Wildman–Crippen LogP) is 0.505. The Hall–Kier alpha value is -0.430. The molecule has 0 radical (unpaired) electrons. The van der Waals surface area contributed by atoms with E-state index in [1.54, 1.807) is 13.0 Å². The molecule has 1 heterocycles. The van der Waals surface area contributed by atoms with Gasteiger partial charge >= 0.3 is 0 Å². The fourth-order valence-electron chi connectivity index (χ4n) is 0.944. The number of thiophene rings is 1. The molecular weight excluding hydrogens is 222 g/mol. The van der Waals surface area contributed by atoms with Gasteiger partial charge in [-0.15, -0.1) is 11.3 Å². The van der Waals surface area contributed by atoms with E-state index in [-0.39, 0.29) is 6.54 Å². The molecule has 0 aliphatic heterocycles. The van der Waals surface area contributed by atoms with Crippen molar-refractivity contribution in [2.24, 2.45) is 0 Å². The maximum Gasteiger partial charge on any atom is 0.208 e. The van der Waals surface area contributed by atoms with Gasteiger partial charge in [0.2, 0.25) is 10.0 Å². The number of nitrogens with one attached hydrogen (secondary N) is 1. The van der Waals surface area contributed by atoms with Crippen LogP contribution >= 0.6 is 11.3 Å². The van der Waals surface area contributed by atoms with E-state index in [2.05, 4.69) is 4.72 Å². The standard InChI is InChI=1S/C8H13NO3S2/c1-8(10,6-9-14(2,11)12)7-4-3-5-13-7/h3-5,9-10H,6H2,1-2H3/t8-/m0/s1. The lowest BCUT2D eigenvalue weighted by molar-refractivity contribution is 0.0666. The Morgan fingerprint density at radius 3 is 2.71 bits per heavy atom. The zero-order chi connectivity index (χ0) is 10.8. The summed E-state index contributed by atoms with van der Waals surface area (Å²) in [6.07, 6.45) is 1.07. The minimum absolute atomic E-state index is 0.00759. The first kappa shape index (κ1) is 11.6. The molecule has 0 bridgehead atoms. The second kappa shape index (κ2) is 3.98. The normalized spacial score (nSPS) is 16.5. The van der Waals surface area contributed by atoms with Gasteiger partial charge in [0.15, 0.2) is 0 Å². The van der Waals surface area contributed by atoms with E-state index < -0.39 is 15.6 Å². The first-order valence-corrected chi connectivity index (χ1v) is 6.79. The Kier molecular flexibility index (Phi) is 3.31. The fraction of sp³-hybridized carbons (Fsp3) is 0.500. The molecule has 1 aromatic heterocycles. The number of hydrogen-bond donors (Lipinski definition) is 2. The SMILES string of the molecule is C[C@](O)(CNS(C)(=O)=O)c1cccs1. The lowest BCUT2D eigenvalue weighted by Crippen LogP contribution is -2.37. The number of sulfonamides is 1. The fourth-order valence-corrected chi connectivity index (χ4v) is 2.27. The van der Waals surface area contributed by atoms with Crippen molar-refractivity contribution in [3.8, 4) is 0 Å². The lowest BCUT2D eigenvalue weighted by atomic mass is 10.1. The molecule has 4 nitrogen and oxygen atoms in total. The Labute approximate surface area is 87.6 Å². The average molecular weight is 235 g/mol. The van der Waals surface area contributed by atoms with Crippen LogP contribution < -0.4 is 4.72 Å². The van der Waals surface area contributed by atoms with Gasteiger partial charge in [-0.1, -0.05) is 6.07 Å². The Morgan fingerprint density at radius 1 is 1.64 bits per heavy atom. The van der Waals surface area contributed by atoms with Crippen LogP contribution in [0, 0.1) is 0 Å². The van der Waals surface area contributed by atoms with Crippen molar-refractivity contribution >= 4 is 21.4 Å². The summed E-state index contributed by atoms with van der Waals surface area (Å²) in [4.78, 5) is 0.744. The Morgan fingerprint density at radius 2 is 2.29 bits per heavy atom. The van der Waals surface area contributed by atoms with Crippen molar-refractivity contribution in [2.45, 2.75) is 12.5 Å². The van der Waals surface area contributed by atoms with Crippen molar-refractivity contribution in [2.75, 3.05) is 12.8 Å². The minimum atomic E-state index is -3.25. The van der Waals surface area contributed by atoms with Crippen LogP contribution in [0.2, 0.25) is 0 Å². The maximum atomic E-state index is 10.8. The van der Waals surface area contributed by atoms with E-state index in [0.29, 0.717) is 0 Å². The van der Waals surface area contributed by atoms with Gasteiger partial charge in [-0.25, -0.2) is 13.1 Å². The number of rotatable bonds is 4. The highest BCUT2D eigenvalue weighted by molar-refractivity contribution is 7.88. The average Bonchev–Trinajstić information content (AvgIpc) is 2.52. The van der Waals surface area contributed by atoms with Crippen LogP contribution in [0.1, 0.15) is 11.8 Å². The summed E-state index contributed by atoms with van der Waals surface area (Å²) in [7, 11) is -3.25. The molecule has 0 spiro atoms. The highest BCUT2D eigenvalue weighted by Crippen LogP contribution is 2.24. The van der Waals surface area contributed by atoms with E-state index in [4.69, 9.17) is 0 Å². The van der Waals surface area contributed by atoms with Gasteiger partial charge in [0.05, 0.1) is 6.26 Å². The smallest absolute Gasteiger partial charge is 0.208 e. The van der Waals surface area contributed by atoms with Crippen LogP contribution in [-0.4, -0.2) is 26.3 Å². The first-order valence-electron chi connectivity index (χ1n) is 4.02. The summed E-state index contributed by atoms with van der Waals surface area (Å²) in [5.41, 5.74) is -1.14. The molecule has 0 saturated carbocycles. The van der Waals surface area contributed by atoms with Crippen LogP contribution in [0.4, 0.5) is 0 Å². The van der Waals surface area contributed by atoms with Crippen molar-refractivity contribution in [1.29, 1.82) is 0 Å². The monoisotopic (exact) mass is 235 g/mol.